The summed E-state index contributed by atoms with van der Waals surface area (Å²) in [5, 5.41) is 7.49. The van der Waals surface area contributed by atoms with Gasteiger partial charge in [-0.2, -0.15) is 0 Å². The molecule has 1 atom stereocenters. The number of nitrogens with zero attached hydrogens (tertiary/aromatic N) is 1. The number of halogens is 2. The smallest absolute Gasteiger partial charge is 0.191 e. The van der Waals surface area contributed by atoms with Gasteiger partial charge in [0.15, 0.2) is 5.96 Å². The van der Waals surface area contributed by atoms with Crippen LogP contribution < -0.4 is 10.6 Å². The molecular formula is C17H25ClIN3O. The van der Waals surface area contributed by atoms with Crippen LogP contribution in [0.2, 0.25) is 5.02 Å². The normalized spacial score (nSPS) is 16.1. The van der Waals surface area contributed by atoms with Crippen LogP contribution in [-0.2, 0) is 4.74 Å². The third-order valence-corrected chi connectivity index (χ3v) is 4.09. The molecule has 1 aliphatic rings. The fourth-order valence-electron chi connectivity index (χ4n) is 2.44. The standard InChI is InChI=1S/C17H24ClN3O.HI/c1-13(15-5-3-4-6-16(15)18)21-17(19-2)20-10-7-14-8-11-22-12-9-14;/h3-6,8,13H,7,9-12H2,1-2H3,(H2,19,20,21);1H. The lowest BCUT2D eigenvalue weighted by atomic mass is 10.1. The highest BCUT2D eigenvalue weighted by Crippen LogP contribution is 2.21. The van der Waals surface area contributed by atoms with Crippen LogP contribution in [0.1, 0.15) is 31.4 Å². The number of aliphatic imine (C=N–C) groups is 1. The Morgan fingerprint density at radius 3 is 2.83 bits per heavy atom. The van der Waals surface area contributed by atoms with E-state index in [0.717, 1.165) is 49.1 Å². The quantitative estimate of drug-likeness (QED) is 0.310. The van der Waals surface area contributed by atoms with Crippen LogP contribution in [0.5, 0.6) is 0 Å². The van der Waals surface area contributed by atoms with E-state index in [9.17, 15) is 0 Å². The Labute approximate surface area is 160 Å². The number of nitrogens with one attached hydrogen (secondary N) is 2. The summed E-state index contributed by atoms with van der Waals surface area (Å²) in [6.45, 7) is 4.52. The highest BCUT2D eigenvalue weighted by Gasteiger charge is 2.11. The van der Waals surface area contributed by atoms with E-state index in [1.807, 2.05) is 24.3 Å². The number of guanidine groups is 1. The summed E-state index contributed by atoms with van der Waals surface area (Å²) in [5.41, 5.74) is 2.52. The second kappa shape index (κ2) is 10.9. The maximum absolute atomic E-state index is 6.23. The van der Waals surface area contributed by atoms with Crippen LogP contribution in [0.15, 0.2) is 40.9 Å². The van der Waals surface area contributed by atoms with Crippen molar-refractivity contribution < 1.29 is 4.74 Å². The zero-order valence-corrected chi connectivity index (χ0v) is 16.7. The maximum Gasteiger partial charge on any atom is 0.191 e. The van der Waals surface area contributed by atoms with E-state index in [4.69, 9.17) is 16.3 Å². The maximum atomic E-state index is 6.23. The van der Waals surface area contributed by atoms with Gasteiger partial charge in [-0.15, -0.1) is 24.0 Å². The SMILES string of the molecule is CN=C(NCCC1=CCOCC1)NC(C)c1ccccc1Cl.I. The Balaban J connectivity index is 0.00000264. The van der Waals surface area contributed by atoms with Gasteiger partial charge in [-0.3, -0.25) is 4.99 Å². The molecule has 0 fully saturated rings. The largest absolute Gasteiger partial charge is 0.377 e. The van der Waals surface area contributed by atoms with Crippen molar-refractivity contribution in [1.82, 2.24) is 10.6 Å². The highest BCUT2D eigenvalue weighted by atomic mass is 127. The van der Waals surface area contributed by atoms with Gasteiger partial charge in [0.25, 0.3) is 0 Å². The van der Waals surface area contributed by atoms with Gasteiger partial charge in [0.2, 0.25) is 0 Å². The molecule has 1 heterocycles. The lowest BCUT2D eigenvalue weighted by Crippen LogP contribution is -2.39. The fraction of sp³-hybridized carbons (Fsp3) is 0.471. The first kappa shape index (κ1) is 20.3. The van der Waals surface area contributed by atoms with E-state index in [0.29, 0.717) is 0 Å². The number of rotatable bonds is 5. The van der Waals surface area contributed by atoms with E-state index >= 15 is 0 Å². The van der Waals surface area contributed by atoms with Gasteiger partial charge < -0.3 is 15.4 Å². The van der Waals surface area contributed by atoms with Gasteiger partial charge in [0.05, 0.1) is 19.3 Å². The Hall–Kier alpha value is -0.790. The molecule has 23 heavy (non-hydrogen) atoms. The second-order valence-electron chi connectivity index (χ2n) is 5.32. The minimum atomic E-state index is 0. The summed E-state index contributed by atoms with van der Waals surface area (Å²) in [7, 11) is 1.78. The summed E-state index contributed by atoms with van der Waals surface area (Å²) in [6, 6.07) is 7.96. The second-order valence-corrected chi connectivity index (χ2v) is 5.73. The van der Waals surface area contributed by atoms with Gasteiger partial charge in [0.1, 0.15) is 0 Å². The van der Waals surface area contributed by atoms with Crippen molar-refractivity contribution in [3.63, 3.8) is 0 Å². The molecular weight excluding hydrogens is 425 g/mol. The topological polar surface area (TPSA) is 45.7 Å². The first-order valence-corrected chi connectivity index (χ1v) is 8.05. The molecule has 0 saturated carbocycles. The number of hydrogen-bond donors (Lipinski definition) is 2. The predicted octanol–water partition coefficient (Wildman–Crippen LogP) is 3.92. The molecule has 4 nitrogen and oxygen atoms in total. The Morgan fingerprint density at radius 2 is 2.17 bits per heavy atom. The molecule has 1 aromatic carbocycles. The first-order chi connectivity index (χ1) is 10.7. The molecule has 1 aromatic rings. The van der Waals surface area contributed by atoms with Gasteiger partial charge in [-0.1, -0.05) is 41.4 Å². The highest BCUT2D eigenvalue weighted by molar-refractivity contribution is 14.0. The summed E-state index contributed by atoms with van der Waals surface area (Å²) in [6.07, 6.45) is 4.22. The van der Waals surface area contributed by atoms with Crippen LogP contribution in [0.3, 0.4) is 0 Å². The van der Waals surface area contributed by atoms with Gasteiger partial charge >= 0.3 is 0 Å². The van der Waals surface area contributed by atoms with Crippen molar-refractivity contribution >= 4 is 41.5 Å². The monoisotopic (exact) mass is 449 g/mol. The van der Waals surface area contributed by atoms with Crippen molar-refractivity contribution in [1.29, 1.82) is 0 Å². The van der Waals surface area contributed by atoms with Gasteiger partial charge in [-0.25, -0.2) is 0 Å². The van der Waals surface area contributed by atoms with Crippen molar-refractivity contribution in [2.75, 3.05) is 26.8 Å². The average molecular weight is 450 g/mol. The molecule has 2 rings (SSSR count). The third kappa shape index (κ3) is 6.69. The van der Waals surface area contributed by atoms with Crippen LogP contribution in [0, 0.1) is 0 Å². The Bertz CT molecular complexity index is 548. The molecule has 0 aromatic heterocycles. The Morgan fingerprint density at radius 1 is 1.39 bits per heavy atom. The van der Waals surface area contributed by atoms with Crippen molar-refractivity contribution in [2.45, 2.75) is 25.8 Å². The number of ether oxygens (including phenoxy) is 1. The van der Waals surface area contributed by atoms with Crippen LogP contribution in [-0.4, -0.2) is 32.8 Å². The number of benzene rings is 1. The molecule has 6 heteroatoms. The molecule has 2 N–H and O–H groups in total. The molecule has 0 amide bonds. The minimum absolute atomic E-state index is 0. The van der Waals surface area contributed by atoms with Gasteiger partial charge in [0, 0.05) is 18.6 Å². The summed E-state index contributed by atoms with van der Waals surface area (Å²) < 4.78 is 5.32. The van der Waals surface area contributed by atoms with Crippen LogP contribution in [0.4, 0.5) is 0 Å². The molecule has 0 bridgehead atoms. The van der Waals surface area contributed by atoms with Crippen molar-refractivity contribution in [3.8, 4) is 0 Å². The number of hydrogen-bond acceptors (Lipinski definition) is 2. The lowest BCUT2D eigenvalue weighted by Gasteiger charge is -2.20. The zero-order chi connectivity index (χ0) is 15.8. The van der Waals surface area contributed by atoms with E-state index in [1.54, 1.807) is 7.05 Å². The minimum Gasteiger partial charge on any atom is -0.377 e. The van der Waals surface area contributed by atoms with Gasteiger partial charge in [-0.05, 0) is 31.4 Å². The third-order valence-electron chi connectivity index (χ3n) is 3.74. The van der Waals surface area contributed by atoms with Crippen molar-refractivity contribution in [2.24, 2.45) is 4.99 Å². The summed E-state index contributed by atoms with van der Waals surface area (Å²) in [4.78, 5) is 4.27. The van der Waals surface area contributed by atoms with Crippen molar-refractivity contribution in [3.05, 3.63) is 46.5 Å². The van der Waals surface area contributed by atoms with Crippen LogP contribution in [0.25, 0.3) is 0 Å². The van der Waals surface area contributed by atoms with E-state index in [-0.39, 0.29) is 30.0 Å². The average Bonchev–Trinajstić information content (AvgIpc) is 2.55. The predicted molar refractivity (Wildman–Crippen MR) is 108 cm³/mol. The van der Waals surface area contributed by atoms with Crippen LogP contribution >= 0.6 is 35.6 Å². The molecule has 0 spiro atoms. The molecule has 128 valence electrons. The van der Waals surface area contributed by atoms with E-state index in [1.165, 1.54) is 5.57 Å². The first-order valence-electron chi connectivity index (χ1n) is 7.68. The zero-order valence-electron chi connectivity index (χ0n) is 13.6. The molecule has 1 unspecified atom stereocenters. The lowest BCUT2D eigenvalue weighted by molar-refractivity contribution is 0.153. The summed E-state index contributed by atoms with van der Waals surface area (Å²) in [5.74, 6) is 0.792. The Kier molecular flexibility index (Phi) is 9.59. The molecule has 0 aliphatic carbocycles. The molecule has 1 aliphatic heterocycles. The summed E-state index contributed by atoms with van der Waals surface area (Å²) >= 11 is 6.23. The van der Waals surface area contributed by atoms with E-state index in [2.05, 4.69) is 28.6 Å². The molecule has 0 radical (unpaired) electrons. The molecule has 0 saturated heterocycles. The van der Waals surface area contributed by atoms with E-state index < -0.39 is 0 Å². The fourth-order valence-corrected chi connectivity index (χ4v) is 2.74.